The summed E-state index contributed by atoms with van der Waals surface area (Å²) in [5.74, 6) is 0.991. The molecule has 2 heteroatoms. The van der Waals surface area contributed by atoms with Crippen LogP contribution in [0.1, 0.15) is 49.8 Å². The van der Waals surface area contributed by atoms with Crippen molar-refractivity contribution in [1.29, 1.82) is 0 Å². The van der Waals surface area contributed by atoms with Crippen LogP contribution < -0.4 is 10.5 Å². The van der Waals surface area contributed by atoms with Gasteiger partial charge in [-0.15, -0.1) is 0 Å². The lowest BCUT2D eigenvalue weighted by molar-refractivity contribution is 0.147. The highest BCUT2D eigenvalue weighted by molar-refractivity contribution is 5.40. The first-order valence-corrected chi connectivity index (χ1v) is 6.23. The van der Waals surface area contributed by atoms with E-state index < -0.39 is 0 Å². The summed E-state index contributed by atoms with van der Waals surface area (Å²) in [7, 11) is 0. The van der Waals surface area contributed by atoms with E-state index in [0.717, 1.165) is 18.6 Å². The van der Waals surface area contributed by atoms with Crippen LogP contribution in [0.4, 0.5) is 0 Å². The molecule has 0 spiro atoms. The molecule has 1 aromatic carbocycles. The first-order valence-electron chi connectivity index (χ1n) is 6.23. The maximum atomic E-state index is 6.20. The lowest BCUT2D eigenvalue weighted by atomic mass is 9.94. The minimum Gasteiger partial charge on any atom is -0.490 e. The van der Waals surface area contributed by atoms with Gasteiger partial charge in [-0.2, -0.15) is 0 Å². The van der Waals surface area contributed by atoms with E-state index in [-0.39, 0.29) is 6.04 Å². The van der Waals surface area contributed by atoms with Crippen molar-refractivity contribution >= 4 is 0 Å². The van der Waals surface area contributed by atoms with Crippen LogP contribution >= 0.6 is 0 Å². The largest absolute Gasteiger partial charge is 0.490 e. The number of nitrogens with two attached hydrogens (primary N) is 1. The standard InChI is InChI=1S/C14H21NO/c1-3-4-5-11-9-13(15)12-8-10(2)6-7-14(12)16-11/h6-8,11,13H,3-5,9,15H2,1-2H3. The highest BCUT2D eigenvalue weighted by atomic mass is 16.5. The molecule has 2 rings (SSSR count). The number of benzene rings is 1. The lowest BCUT2D eigenvalue weighted by Crippen LogP contribution is -2.29. The molecule has 0 aromatic heterocycles. The minimum absolute atomic E-state index is 0.144. The number of hydrogen-bond acceptors (Lipinski definition) is 2. The van der Waals surface area contributed by atoms with E-state index >= 15 is 0 Å². The average Bonchev–Trinajstić information content (AvgIpc) is 2.27. The third-order valence-electron chi connectivity index (χ3n) is 3.25. The summed E-state index contributed by atoms with van der Waals surface area (Å²) >= 11 is 0. The fraction of sp³-hybridized carbons (Fsp3) is 0.571. The molecular formula is C14H21NO. The maximum Gasteiger partial charge on any atom is 0.124 e. The quantitative estimate of drug-likeness (QED) is 0.846. The molecule has 1 aliphatic rings. The highest BCUT2D eigenvalue weighted by Crippen LogP contribution is 2.35. The number of hydrogen-bond donors (Lipinski definition) is 1. The number of unbranched alkanes of at least 4 members (excludes halogenated alkanes) is 1. The van der Waals surface area contributed by atoms with Crippen LogP contribution in [-0.4, -0.2) is 6.10 Å². The van der Waals surface area contributed by atoms with Crippen LogP contribution in [0, 0.1) is 6.92 Å². The van der Waals surface area contributed by atoms with E-state index in [2.05, 4.69) is 32.0 Å². The Morgan fingerprint density at radius 3 is 3.00 bits per heavy atom. The Hall–Kier alpha value is -1.02. The molecule has 0 aliphatic carbocycles. The molecule has 16 heavy (non-hydrogen) atoms. The predicted molar refractivity (Wildman–Crippen MR) is 66.7 cm³/mol. The fourth-order valence-electron chi connectivity index (χ4n) is 2.31. The summed E-state index contributed by atoms with van der Waals surface area (Å²) < 4.78 is 5.98. The summed E-state index contributed by atoms with van der Waals surface area (Å²) in [6, 6.07) is 6.44. The Labute approximate surface area is 97.8 Å². The van der Waals surface area contributed by atoms with Crippen molar-refractivity contribution in [2.24, 2.45) is 5.73 Å². The van der Waals surface area contributed by atoms with E-state index in [0.29, 0.717) is 6.10 Å². The molecule has 0 radical (unpaired) electrons. The van der Waals surface area contributed by atoms with E-state index in [1.165, 1.54) is 24.0 Å². The van der Waals surface area contributed by atoms with Crippen molar-refractivity contribution in [3.63, 3.8) is 0 Å². The lowest BCUT2D eigenvalue weighted by Gasteiger charge is -2.30. The van der Waals surface area contributed by atoms with Crippen molar-refractivity contribution in [3.8, 4) is 5.75 Å². The first-order chi connectivity index (χ1) is 7.70. The van der Waals surface area contributed by atoms with Crippen LogP contribution in [0.5, 0.6) is 5.75 Å². The van der Waals surface area contributed by atoms with Crippen molar-refractivity contribution < 1.29 is 4.74 Å². The average molecular weight is 219 g/mol. The minimum atomic E-state index is 0.144. The molecule has 2 atom stereocenters. The van der Waals surface area contributed by atoms with Crippen molar-refractivity contribution in [2.75, 3.05) is 0 Å². The molecular weight excluding hydrogens is 198 g/mol. The molecule has 1 aliphatic heterocycles. The molecule has 2 nitrogen and oxygen atoms in total. The smallest absolute Gasteiger partial charge is 0.124 e. The van der Waals surface area contributed by atoms with Gasteiger partial charge in [0.05, 0.1) is 0 Å². The van der Waals surface area contributed by atoms with Crippen molar-refractivity contribution in [3.05, 3.63) is 29.3 Å². The number of ether oxygens (including phenoxy) is 1. The highest BCUT2D eigenvalue weighted by Gasteiger charge is 2.25. The van der Waals surface area contributed by atoms with Gasteiger partial charge in [-0.05, 0) is 19.4 Å². The van der Waals surface area contributed by atoms with E-state index in [4.69, 9.17) is 10.5 Å². The molecule has 0 saturated carbocycles. The zero-order valence-corrected chi connectivity index (χ0v) is 10.2. The summed E-state index contributed by atoms with van der Waals surface area (Å²) in [4.78, 5) is 0. The Morgan fingerprint density at radius 2 is 2.25 bits per heavy atom. The zero-order chi connectivity index (χ0) is 11.5. The van der Waals surface area contributed by atoms with Crippen LogP contribution in [-0.2, 0) is 0 Å². The zero-order valence-electron chi connectivity index (χ0n) is 10.2. The van der Waals surface area contributed by atoms with Gasteiger partial charge in [0.2, 0.25) is 0 Å². The molecule has 0 amide bonds. The van der Waals surface area contributed by atoms with Gasteiger partial charge in [0, 0.05) is 18.0 Å². The van der Waals surface area contributed by atoms with E-state index in [1.54, 1.807) is 0 Å². The van der Waals surface area contributed by atoms with Gasteiger partial charge in [-0.1, -0.05) is 37.5 Å². The third kappa shape index (κ3) is 2.38. The van der Waals surface area contributed by atoms with Crippen LogP contribution in [0.3, 0.4) is 0 Å². The molecule has 0 saturated heterocycles. The van der Waals surface area contributed by atoms with Crippen molar-refractivity contribution in [2.45, 2.75) is 51.7 Å². The SMILES string of the molecule is CCCCC1CC(N)c2cc(C)ccc2O1. The van der Waals surface area contributed by atoms with E-state index in [1.807, 2.05) is 0 Å². The van der Waals surface area contributed by atoms with Gasteiger partial charge in [0.1, 0.15) is 11.9 Å². The molecule has 1 aromatic rings. The van der Waals surface area contributed by atoms with Gasteiger partial charge in [-0.3, -0.25) is 0 Å². The second kappa shape index (κ2) is 4.88. The van der Waals surface area contributed by atoms with E-state index in [9.17, 15) is 0 Å². The molecule has 0 fully saturated rings. The molecule has 0 bridgehead atoms. The number of rotatable bonds is 3. The predicted octanol–water partition coefficient (Wildman–Crippen LogP) is 3.34. The van der Waals surface area contributed by atoms with Crippen LogP contribution in [0.2, 0.25) is 0 Å². The van der Waals surface area contributed by atoms with Crippen LogP contribution in [0.25, 0.3) is 0 Å². The fourth-order valence-corrected chi connectivity index (χ4v) is 2.31. The Bertz CT molecular complexity index is 362. The van der Waals surface area contributed by atoms with Gasteiger partial charge in [0.25, 0.3) is 0 Å². The topological polar surface area (TPSA) is 35.2 Å². The van der Waals surface area contributed by atoms with Crippen molar-refractivity contribution in [1.82, 2.24) is 0 Å². The second-order valence-electron chi connectivity index (χ2n) is 4.77. The van der Waals surface area contributed by atoms with Gasteiger partial charge >= 0.3 is 0 Å². The Morgan fingerprint density at radius 1 is 1.44 bits per heavy atom. The van der Waals surface area contributed by atoms with Gasteiger partial charge in [0.15, 0.2) is 0 Å². The normalized spacial score (nSPS) is 23.7. The Kier molecular flexibility index (Phi) is 3.49. The molecule has 2 unspecified atom stereocenters. The molecule has 1 heterocycles. The van der Waals surface area contributed by atoms with Crippen LogP contribution in [0.15, 0.2) is 18.2 Å². The third-order valence-corrected chi connectivity index (χ3v) is 3.25. The summed E-state index contributed by atoms with van der Waals surface area (Å²) in [5, 5.41) is 0. The summed E-state index contributed by atoms with van der Waals surface area (Å²) in [6.45, 7) is 4.30. The number of aryl methyl sites for hydroxylation is 1. The number of fused-ring (bicyclic) bond motifs is 1. The van der Waals surface area contributed by atoms with Gasteiger partial charge in [-0.25, -0.2) is 0 Å². The monoisotopic (exact) mass is 219 g/mol. The molecule has 88 valence electrons. The summed E-state index contributed by atoms with van der Waals surface area (Å²) in [6.07, 6.45) is 4.83. The molecule has 2 N–H and O–H groups in total. The second-order valence-corrected chi connectivity index (χ2v) is 4.77. The maximum absolute atomic E-state index is 6.20. The first kappa shape index (κ1) is 11.5. The van der Waals surface area contributed by atoms with Gasteiger partial charge < -0.3 is 10.5 Å². The Balaban J connectivity index is 2.13. The summed E-state index contributed by atoms with van der Waals surface area (Å²) in [5.41, 5.74) is 8.63.